The maximum atomic E-state index is 11.8. The molecule has 1 N–H and O–H groups in total. The molecule has 0 aliphatic rings. The van der Waals surface area contributed by atoms with Gasteiger partial charge in [0.25, 0.3) is 0 Å². The first kappa shape index (κ1) is 12.9. The van der Waals surface area contributed by atoms with E-state index in [1.54, 1.807) is 34.6 Å². The third-order valence-electron chi connectivity index (χ3n) is 3.05. The molecule has 0 fully saturated rings. The summed E-state index contributed by atoms with van der Waals surface area (Å²) in [5.41, 5.74) is -1.64. The highest BCUT2D eigenvalue weighted by atomic mass is 16.4. The van der Waals surface area contributed by atoms with E-state index in [4.69, 9.17) is 5.11 Å². The SMILES string of the molecule is C=C(C)C(=O)C(C)(C)C(C)(C)C(=O)O. The van der Waals surface area contributed by atoms with Crippen molar-refractivity contribution in [3.63, 3.8) is 0 Å². The second kappa shape index (κ2) is 3.56. The molecule has 0 saturated carbocycles. The molecule has 0 heterocycles. The summed E-state index contributed by atoms with van der Waals surface area (Å²) < 4.78 is 0. The van der Waals surface area contributed by atoms with Gasteiger partial charge in [-0.3, -0.25) is 9.59 Å². The number of aliphatic carboxylic acids is 1. The number of hydrogen-bond acceptors (Lipinski definition) is 2. The Hall–Kier alpha value is -1.12. The number of carboxylic acid groups (broad SMARTS) is 1. The van der Waals surface area contributed by atoms with Crippen LogP contribution in [0.15, 0.2) is 12.2 Å². The van der Waals surface area contributed by atoms with Crippen molar-refractivity contribution in [2.24, 2.45) is 10.8 Å². The van der Waals surface area contributed by atoms with Gasteiger partial charge < -0.3 is 5.11 Å². The van der Waals surface area contributed by atoms with Crippen LogP contribution in [-0.4, -0.2) is 16.9 Å². The molecule has 0 radical (unpaired) electrons. The Balaban J connectivity index is 5.24. The lowest BCUT2D eigenvalue weighted by Crippen LogP contribution is -2.45. The van der Waals surface area contributed by atoms with Crippen molar-refractivity contribution in [2.75, 3.05) is 0 Å². The molecule has 0 atom stereocenters. The summed E-state index contributed by atoms with van der Waals surface area (Å²) in [5, 5.41) is 9.03. The predicted molar refractivity (Wildman–Crippen MR) is 55.0 cm³/mol. The first-order chi connectivity index (χ1) is 6.05. The smallest absolute Gasteiger partial charge is 0.310 e. The van der Waals surface area contributed by atoms with Crippen LogP contribution in [0.3, 0.4) is 0 Å². The van der Waals surface area contributed by atoms with E-state index in [1.165, 1.54) is 0 Å². The number of carboxylic acids is 1. The predicted octanol–water partition coefficient (Wildman–Crippen LogP) is 2.27. The molecule has 0 spiro atoms. The highest BCUT2D eigenvalue weighted by molar-refractivity contribution is 6.01. The average Bonchev–Trinajstić information content (AvgIpc) is 2.01. The third-order valence-corrected chi connectivity index (χ3v) is 3.05. The second-order valence-electron chi connectivity index (χ2n) is 4.66. The van der Waals surface area contributed by atoms with Gasteiger partial charge in [0.05, 0.1) is 5.41 Å². The van der Waals surface area contributed by atoms with Crippen LogP contribution in [0.25, 0.3) is 0 Å². The lowest BCUT2D eigenvalue weighted by molar-refractivity contribution is -0.157. The van der Waals surface area contributed by atoms with Gasteiger partial charge in [-0.05, 0) is 26.3 Å². The number of rotatable bonds is 4. The molecule has 0 bridgehead atoms. The standard InChI is InChI=1S/C11H18O3/c1-7(2)8(12)10(3,4)11(5,6)9(13)14/h1H2,2-6H3,(H,13,14). The van der Waals surface area contributed by atoms with Gasteiger partial charge in [0, 0.05) is 5.41 Å². The third kappa shape index (κ3) is 1.86. The maximum Gasteiger partial charge on any atom is 0.310 e. The summed E-state index contributed by atoms with van der Waals surface area (Å²) in [6, 6.07) is 0. The Morgan fingerprint density at radius 3 is 1.64 bits per heavy atom. The highest BCUT2D eigenvalue weighted by Crippen LogP contribution is 2.40. The van der Waals surface area contributed by atoms with Crippen molar-refractivity contribution in [2.45, 2.75) is 34.6 Å². The molecule has 80 valence electrons. The normalized spacial score (nSPS) is 12.4. The topological polar surface area (TPSA) is 54.4 Å². The van der Waals surface area contributed by atoms with Crippen LogP contribution in [0.2, 0.25) is 0 Å². The summed E-state index contributed by atoms with van der Waals surface area (Å²) in [7, 11) is 0. The zero-order chi connectivity index (χ0) is 11.7. The first-order valence-corrected chi connectivity index (χ1v) is 4.49. The molecule has 3 nitrogen and oxygen atoms in total. The monoisotopic (exact) mass is 198 g/mol. The van der Waals surface area contributed by atoms with E-state index in [2.05, 4.69) is 6.58 Å². The van der Waals surface area contributed by atoms with Gasteiger partial charge in [-0.1, -0.05) is 20.4 Å². The van der Waals surface area contributed by atoms with Crippen LogP contribution in [-0.2, 0) is 9.59 Å². The van der Waals surface area contributed by atoms with Crippen molar-refractivity contribution in [3.05, 3.63) is 12.2 Å². The number of carbonyl (C=O) groups is 2. The van der Waals surface area contributed by atoms with Crippen molar-refractivity contribution >= 4 is 11.8 Å². The second-order valence-corrected chi connectivity index (χ2v) is 4.66. The molecule has 14 heavy (non-hydrogen) atoms. The van der Waals surface area contributed by atoms with Crippen molar-refractivity contribution in [3.8, 4) is 0 Å². The Labute approximate surface area is 84.8 Å². The molecule has 0 aromatic rings. The van der Waals surface area contributed by atoms with Crippen molar-refractivity contribution in [1.29, 1.82) is 0 Å². The van der Waals surface area contributed by atoms with E-state index < -0.39 is 16.8 Å². The van der Waals surface area contributed by atoms with E-state index in [1.807, 2.05) is 0 Å². The molecule has 0 unspecified atom stereocenters. The van der Waals surface area contributed by atoms with Crippen LogP contribution in [0, 0.1) is 10.8 Å². The Morgan fingerprint density at radius 2 is 1.43 bits per heavy atom. The van der Waals surface area contributed by atoms with Gasteiger partial charge in [-0.25, -0.2) is 0 Å². The minimum atomic E-state index is -1.09. The van der Waals surface area contributed by atoms with Crippen LogP contribution in [0.4, 0.5) is 0 Å². The fourth-order valence-electron chi connectivity index (χ4n) is 1.08. The lowest BCUT2D eigenvalue weighted by atomic mass is 9.64. The Morgan fingerprint density at radius 1 is 1.07 bits per heavy atom. The summed E-state index contributed by atoms with van der Waals surface area (Å²) in [6.45, 7) is 11.5. The lowest BCUT2D eigenvalue weighted by Gasteiger charge is -2.36. The van der Waals surface area contributed by atoms with E-state index in [0.717, 1.165) is 0 Å². The highest BCUT2D eigenvalue weighted by Gasteiger charge is 2.48. The largest absolute Gasteiger partial charge is 0.481 e. The maximum absolute atomic E-state index is 11.8. The summed E-state index contributed by atoms with van der Waals surface area (Å²) in [5.74, 6) is -1.18. The molecule has 3 heteroatoms. The molecular weight excluding hydrogens is 180 g/mol. The average molecular weight is 198 g/mol. The van der Waals surface area contributed by atoms with Crippen LogP contribution >= 0.6 is 0 Å². The van der Waals surface area contributed by atoms with E-state index in [0.29, 0.717) is 5.57 Å². The van der Waals surface area contributed by atoms with Gasteiger partial charge in [0.2, 0.25) is 0 Å². The van der Waals surface area contributed by atoms with Crippen molar-refractivity contribution in [1.82, 2.24) is 0 Å². The van der Waals surface area contributed by atoms with Gasteiger partial charge in [0.15, 0.2) is 5.78 Å². The van der Waals surface area contributed by atoms with E-state index >= 15 is 0 Å². The van der Waals surface area contributed by atoms with E-state index in [9.17, 15) is 9.59 Å². The quantitative estimate of drug-likeness (QED) is 0.705. The van der Waals surface area contributed by atoms with Gasteiger partial charge in [-0.2, -0.15) is 0 Å². The van der Waals surface area contributed by atoms with Crippen molar-refractivity contribution < 1.29 is 14.7 Å². The fourth-order valence-corrected chi connectivity index (χ4v) is 1.08. The molecular formula is C11H18O3. The minimum absolute atomic E-state index is 0.204. The van der Waals surface area contributed by atoms with Crippen LogP contribution in [0.1, 0.15) is 34.6 Å². The molecule has 0 aliphatic heterocycles. The molecule has 0 aliphatic carbocycles. The van der Waals surface area contributed by atoms with Gasteiger partial charge in [0.1, 0.15) is 0 Å². The zero-order valence-electron chi connectivity index (χ0n) is 9.47. The van der Waals surface area contributed by atoms with Gasteiger partial charge >= 0.3 is 5.97 Å². The number of allylic oxidation sites excluding steroid dienone is 1. The summed E-state index contributed by atoms with van der Waals surface area (Å²) in [6.07, 6.45) is 0. The number of hydrogen-bond donors (Lipinski definition) is 1. The molecule has 0 amide bonds. The molecule has 0 rings (SSSR count). The summed E-state index contributed by atoms with van der Waals surface area (Å²) in [4.78, 5) is 22.8. The summed E-state index contributed by atoms with van der Waals surface area (Å²) >= 11 is 0. The number of carbonyl (C=O) groups excluding carboxylic acids is 1. The van der Waals surface area contributed by atoms with Gasteiger partial charge in [-0.15, -0.1) is 0 Å². The zero-order valence-corrected chi connectivity index (χ0v) is 9.47. The molecule has 0 aromatic carbocycles. The van der Waals surface area contributed by atoms with Crippen LogP contribution < -0.4 is 0 Å². The minimum Gasteiger partial charge on any atom is -0.481 e. The van der Waals surface area contributed by atoms with Crippen LogP contribution in [0.5, 0.6) is 0 Å². The number of ketones is 1. The van der Waals surface area contributed by atoms with E-state index in [-0.39, 0.29) is 5.78 Å². The molecule has 0 saturated heterocycles. The Kier molecular flexibility index (Phi) is 3.27. The fraction of sp³-hybridized carbons (Fsp3) is 0.636. The molecule has 0 aromatic heterocycles. The Bertz CT molecular complexity index is 285. The number of Topliss-reactive ketones (excluding diaryl/α,β-unsaturated/α-hetero) is 1. The first-order valence-electron chi connectivity index (χ1n) is 4.49.